The van der Waals surface area contributed by atoms with Crippen LogP contribution < -0.4 is 5.32 Å². The number of hydrogen-bond donors (Lipinski definition) is 1. The van der Waals surface area contributed by atoms with E-state index in [9.17, 15) is 0 Å². The SMILES string of the molecule is CNC(C)C1CCN1C. The van der Waals surface area contributed by atoms with Gasteiger partial charge in [0.25, 0.3) is 0 Å². The maximum absolute atomic E-state index is 3.26. The first kappa shape index (κ1) is 7.03. The van der Waals surface area contributed by atoms with Crippen LogP contribution in [0, 0.1) is 0 Å². The van der Waals surface area contributed by atoms with Gasteiger partial charge in [-0.3, -0.25) is 0 Å². The molecule has 2 nitrogen and oxygen atoms in total. The molecular formula is C7H16N2. The van der Waals surface area contributed by atoms with Gasteiger partial charge < -0.3 is 10.2 Å². The molecule has 0 aromatic carbocycles. The van der Waals surface area contributed by atoms with E-state index in [1.807, 2.05) is 7.05 Å². The fourth-order valence-electron chi connectivity index (χ4n) is 1.36. The summed E-state index contributed by atoms with van der Waals surface area (Å²) in [5.74, 6) is 0. The van der Waals surface area contributed by atoms with Gasteiger partial charge in [0, 0.05) is 12.1 Å². The fraction of sp³-hybridized carbons (Fsp3) is 1.00. The Hall–Kier alpha value is -0.0800. The molecule has 0 aromatic rings. The molecule has 0 aliphatic carbocycles. The maximum atomic E-state index is 3.26. The molecule has 1 aliphatic heterocycles. The summed E-state index contributed by atoms with van der Waals surface area (Å²) in [5, 5.41) is 3.26. The molecule has 2 heteroatoms. The van der Waals surface area contributed by atoms with E-state index in [1.54, 1.807) is 0 Å². The Bertz CT molecular complexity index is 92.9. The van der Waals surface area contributed by atoms with Crippen molar-refractivity contribution in [1.29, 1.82) is 0 Å². The lowest BCUT2D eigenvalue weighted by Gasteiger charge is -2.41. The van der Waals surface area contributed by atoms with Gasteiger partial charge in [0.2, 0.25) is 0 Å². The zero-order valence-corrected chi connectivity index (χ0v) is 6.52. The highest BCUT2D eigenvalue weighted by Crippen LogP contribution is 2.16. The van der Waals surface area contributed by atoms with Crippen molar-refractivity contribution in [2.24, 2.45) is 0 Å². The molecule has 1 heterocycles. The largest absolute Gasteiger partial charge is 0.316 e. The third kappa shape index (κ3) is 1.25. The molecule has 0 spiro atoms. The standard InChI is InChI=1S/C7H16N2/c1-6(8-2)7-4-5-9(7)3/h6-8H,4-5H2,1-3H3. The second kappa shape index (κ2) is 2.67. The van der Waals surface area contributed by atoms with Crippen LogP contribution >= 0.6 is 0 Å². The van der Waals surface area contributed by atoms with Gasteiger partial charge in [-0.2, -0.15) is 0 Å². The van der Waals surface area contributed by atoms with Crippen molar-refractivity contribution in [3.8, 4) is 0 Å². The highest BCUT2D eigenvalue weighted by molar-refractivity contribution is 4.87. The van der Waals surface area contributed by atoms with E-state index in [0.717, 1.165) is 6.04 Å². The van der Waals surface area contributed by atoms with Gasteiger partial charge in [0.1, 0.15) is 0 Å². The fourth-order valence-corrected chi connectivity index (χ4v) is 1.36. The van der Waals surface area contributed by atoms with Gasteiger partial charge in [-0.1, -0.05) is 0 Å². The molecule has 1 saturated heterocycles. The van der Waals surface area contributed by atoms with E-state index in [0.29, 0.717) is 6.04 Å². The predicted octanol–water partition coefficient (Wildman–Crippen LogP) is 0.298. The van der Waals surface area contributed by atoms with Crippen LogP contribution in [0.2, 0.25) is 0 Å². The Morgan fingerprint density at radius 3 is 2.44 bits per heavy atom. The smallest absolute Gasteiger partial charge is 0.0255 e. The summed E-state index contributed by atoms with van der Waals surface area (Å²) >= 11 is 0. The van der Waals surface area contributed by atoms with Crippen LogP contribution in [-0.2, 0) is 0 Å². The van der Waals surface area contributed by atoms with Crippen molar-refractivity contribution in [3.05, 3.63) is 0 Å². The molecule has 2 atom stereocenters. The first-order valence-electron chi connectivity index (χ1n) is 3.63. The van der Waals surface area contributed by atoms with Crippen molar-refractivity contribution in [2.75, 3.05) is 20.6 Å². The van der Waals surface area contributed by atoms with Gasteiger partial charge >= 0.3 is 0 Å². The zero-order chi connectivity index (χ0) is 6.85. The molecule has 2 unspecified atom stereocenters. The van der Waals surface area contributed by atoms with Crippen molar-refractivity contribution >= 4 is 0 Å². The Morgan fingerprint density at radius 1 is 1.67 bits per heavy atom. The van der Waals surface area contributed by atoms with E-state index in [1.165, 1.54) is 13.0 Å². The second-order valence-electron chi connectivity index (χ2n) is 2.91. The van der Waals surface area contributed by atoms with E-state index < -0.39 is 0 Å². The number of hydrogen-bond acceptors (Lipinski definition) is 2. The van der Waals surface area contributed by atoms with Crippen molar-refractivity contribution in [1.82, 2.24) is 10.2 Å². The van der Waals surface area contributed by atoms with Crippen LogP contribution in [0.5, 0.6) is 0 Å². The van der Waals surface area contributed by atoms with Gasteiger partial charge in [-0.15, -0.1) is 0 Å². The van der Waals surface area contributed by atoms with E-state index in [-0.39, 0.29) is 0 Å². The van der Waals surface area contributed by atoms with E-state index in [2.05, 4.69) is 24.2 Å². The highest BCUT2D eigenvalue weighted by Gasteiger charge is 2.27. The number of rotatable bonds is 2. The average molecular weight is 128 g/mol. The topological polar surface area (TPSA) is 15.3 Å². The molecule has 1 N–H and O–H groups in total. The molecule has 9 heavy (non-hydrogen) atoms. The van der Waals surface area contributed by atoms with Crippen LogP contribution in [-0.4, -0.2) is 37.6 Å². The van der Waals surface area contributed by atoms with Crippen LogP contribution in [0.15, 0.2) is 0 Å². The quantitative estimate of drug-likeness (QED) is 0.575. The molecule has 1 rings (SSSR count). The molecule has 0 radical (unpaired) electrons. The molecule has 1 fully saturated rings. The zero-order valence-electron chi connectivity index (χ0n) is 6.52. The second-order valence-corrected chi connectivity index (χ2v) is 2.91. The summed E-state index contributed by atoms with van der Waals surface area (Å²) in [4.78, 5) is 2.39. The number of nitrogens with one attached hydrogen (secondary N) is 1. The summed E-state index contributed by atoms with van der Waals surface area (Å²) in [5.41, 5.74) is 0. The first-order chi connectivity index (χ1) is 4.25. The lowest BCUT2D eigenvalue weighted by Crippen LogP contribution is -2.54. The van der Waals surface area contributed by atoms with E-state index >= 15 is 0 Å². The normalized spacial score (nSPS) is 31.7. The summed E-state index contributed by atoms with van der Waals surface area (Å²) in [6.07, 6.45) is 1.36. The van der Waals surface area contributed by atoms with Crippen LogP contribution in [0.4, 0.5) is 0 Å². The molecule has 54 valence electrons. The van der Waals surface area contributed by atoms with Crippen LogP contribution in [0.25, 0.3) is 0 Å². The molecular weight excluding hydrogens is 112 g/mol. The maximum Gasteiger partial charge on any atom is 0.0255 e. The number of nitrogens with zero attached hydrogens (tertiary/aromatic N) is 1. The average Bonchev–Trinajstić information content (AvgIpc) is 1.84. The minimum atomic E-state index is 0.656. The van der Waals surface area contributed by atoms with Crippen LogP contribution in [0.1, 0.15) is 13.3 Å². The minimum absolute atomic E-state index is 0.656. The number of likely N-dealkylation sites (tertiary alicyclic amines) is 1. The summed E-state index contributed by atoms with van der Waals surface area (Å²) < 4.78 is 0. The minimum Gasteiger partial charge on any atom is -0.316 e. The monoisotopic (exact) mass is 128 g/mol. The lowest BCUT2D eigenvalue weighted by atomic mass is 9.98. The Morgan fingerprint density at radius 2 is 2.33 bits per heavy atom. The van der Waals surface area contributed by atoms with Crippen LogP contribution in [0.3, 0.4) is 0 Å². The third-order valence-corrected chi connectivity index (χ3v) is 2.38. The Kier molecular flexibility index (Phi) is 2.09. The highest BCUT2D eigenvalue weighted by atomic mass is 15.2. The molecule has 0 amide bonds. The van der Waals surface area contributed by atoms with E-state index in [4.69, 9.17) is 0 Å². The summed E-state index contributed by atoms with van der Waals surface area (Å²) in [6.45, 7) is 3.51. The van der Waals surface area contributed by atoms with Crippen molar-refractivity contribution in [3.63, 3.8) is 0 Å². The molecule has 1 aliphatic rings. The first-order valence-corrected chi connectivity index (χ1v) is 3.63. The predicted molar refractivity (Wildman–Crippen MR) is 39.6 cm³/mol. The Labute approximate surface area is 57.2 Å². The van der Waals surface area contributed by atoms with Gasteiger partial charge in [0.05, 0.1) is 0 Å². The molecule has 0 saturated carbocycles. The molecule has 0 bridgehead atoms. The third-order valence-electron chi connectivity index (χ3n) is 2.38. The van der Waals surface area contributed by atoms with Crippen molar-refractivity contribution < 1.29 is 0 Å². The van der Waals surface area contributed by atoms with Gasteiger partial charge in [-0.05, 0) is 34.0 Å². The van der Waals surface area contributed by atoms with Gasteiger partial charge in [-0.25, -0.2) is 0 Å². The van der Waals surface area contributed by atoms with Gasteiger partial charge in [0.15, 0.2) is 0 Å². The van der Waals surface area contributed by atoms with Crippen molar-refractivity contribution in [2.45, 2.75) is 25.4 Å². The summed E-state index contributed by atoms with van der Waals surface area (Å²) in [6, 6.07) is 1.44. The Balaban J connectivity index is 2.25. The molecule has 0 aromatic heterocycles. The summed E-state index contributed by atoms with van der Waals surface area (Å²) in [7, 11) is 4.21. The number of likely N-dealkylation sites (N-methyl/N-ethyl adjacent to an activating group) is 2. The lowest BCUT2D eigenvalue weighted by molar-refractivity contribution is 0.0980.